The second-order valence-corrected chi connectivity index (χ2v) is 2.79. The molecular weight excluding hydrogens is 120 g/mol. The van der Waals surface area contributed by atoms with Crippen molar-refractivity contribution in [1.82, 2.24) is 0 Å². The maximum absolute atomic E-state index is 9.15. The fourth-order valence-electron chi connectivity index (χ4n) is 0.795. The summed E-state index contributed by atoms with van der Waals surface area (Å²) in [5, 5.41) is 18.0. The largest absolute Gasteiger partial charge is 0.391 e. The standard InChI is InChI=1S/C6H12O3/c1-4(7)5(8)6(2)3-9-6/h4-5,7-8H,3H2,1-2H3/t4-,5+,6+/m1/s1. The van der Waals surface area contributed by atoms with Gasteiger partial charge in [0.25, 0.3) is 0 Å². The molecule has 1 aliphatic heterocycles. The number of hydrogen-bond acceptors (Lipinski definition) is 3. The summed E-state index contributed by atoms with van der Waals surface area (Å²) in [6.45, 7) is 3.89. The van der Waals surface area contributed by atoms with E-state index in [-0.39, 0.29) is 0 Å². The molecule has 0 bridgehead atoms. The van der Waals surface area contributed by atoms with Crippen LogP contribution in [0.4, 0.5) is 0 Å². The van der Waals surface area contributed by atoms with Gasteiger partial charge < -0.3 is 14.9 Å². The fourth-order valence-corrected chi connectivity index (χ4v) is 0.795. The maximum atomic E-state index is 9.15. The smallest absolute Gasteiger partial charge is 0.117 e. The molecule has 3 nitrogen and oxygen atoms in total. The first-order chi connectivity index (χ1) is 4.06. The molecule has 1 heterocycles. The van der Waals surface area contributed by atoms with E-state index in [1.807, 2.05) is 0 Å². The lowest BCUT2D eigenvalue weighted by Crippen LogP contribution is -2.36. The summed E-state index contributed by atoms with van der Waals surface area (Å²) in [7, 11) is 0. The summed E-state index contributed by atoms with van der Waals surface area (Å²) in [5.74, 6) is 0. The van der Waals surface area contributed by atoms with Gasteiger partial charge in [-0.15, -0.1) is 0 Å². The minimum absolute atomic E-state index is 0.464. The maximum Gasteiger partial charge on any atom is 0.117 e. The van der Waals surface area contributed by atoms with Gasteiger partial charge in [0.05, 0.1) is 12.7 Å². The quantitative estimate of drug-likeness (QED) is 0.499. The van der Waals surface area contributed by atoms with Crippen LogP contribution in [0.5, 0.6) is 0 Å². The summed E-state index contributed by atoms with van der Waals surface area (Å²) in [4.78, 5) is 0. The van der Waals surface area contributed by atoms with Gasteiger partial charge in [0.2, 0.25) is 0 Å². The third kappa shape index (κ3) is 1.23. The van der Waals surface area contributed by atoms with Crippen molar-refractivity contribution < 1.29 is 14.9 Å². The van der Waals surface area contributed by atoms with Crippen LogP contribution in [0, 0.1) is 0 Å². The molecule has 0 aliphatic carbocycles. The Hall–Kier alpha value is -0.120. The van der Waals surface area contributed by atoms with Gasteiger partial charge in [-0.1, -0.05) is 0 Å². The first kappa shape index (κ1) is 6.99. The van der Waals surface area contributed by atoms with Gasteiger partial charge in [0.15, 0.2) is 0 Å². The Labute approximate surface area is 54.3 Å². The summed E-state index contributed by atoms with van der Waals surface area (Å²) >= 11 is 0. The zero-order chi connectivity index (χ0) is 7.07. The second-order valence-electron chi connectivity index (χ2n) is 2.79. The van der Waals surface area contributed by atoms with Crippen molar-refractivity contribution in [2.24, 2.45) is 0 Å². The van der Waals surface area contributed by atoms with Gasteiger partial charge in [0.1, 0.15) is 11.7 Å². The SMILES string of the molecule is C[C@@H](O)[C@H](O)[C@]1(C)CO1. The molecule has 3 atom stereocenters. The summed E-state index contributed by atoms with van der Waals surface area (Å²) in [5.41, 5.74) is -0.464. The Balaban J connectivity index is 2.42. The number of aliphatic hydroxyl groups excluding tert-OH is 2. The molecule has 0 radical (unpaired) electrons. The molecule has 0 aromatic heterocycles. The molecule has 0 aromatic rings. The normalized spacial score (nSPS) is 40.0. The highest BCUT2D eigenvalue weighted by atomic mass is 16.6. The van der Waals surface area contributed by atoms with Gasteiger partial charge in [-0.05, 0) is 13.8 Å². The highest BCUT2D eigenvalue weighted by Gasteiger charge is 2.48. The third-order valence-corrected chi connectivity index (χ3v) is 1.68. The molecule has 0 saturated carbocycles. The molecule has 0 unspecified atom stereocenters. The van der Waals surface area contributed by atoms with E-state index < -0.39 is 17.8 Å². The van der Waals surface area contributed by atoms with Crippen molar-refractivity contribution in [2.45, 2.75) is 31.7 Å². The average molecular weight is 132 g/mol. The molecule has 0 amide bonds. The summed E-state index contributed by atoms with van der Waals surface area (Å²) in [6.07, 6.45) is -1.44. The molecule has 2 N–H and O–H groups in total. The first-order valence-electron chi connectivity index (χ1n) is 3.06. The van der Waals surface area contributed by atoms with Crippen LogP contribution in [0.25, 0.3) is 0 Å². The van der Waals surface area contributed by atoms with E-state index in [2.05, 4.69) is 0 Å². The van der Waals surface area contributed by atoms with Crippen LogP contribution in [-0.4, -0.2) is 34.6 Å². The molecule has 54 valence electrons. The zero-order valence-electron chi connectivity index (χ0n) is 5.66. The molecule has 0 aromatic carbocycles. The lowest BCUT2D eigenvalue weighted by atomic mass is 10.0. The predicted octanol–water partition coefficient (Wildman–Crippen LogP) is -0.483. The predicted molar refractivity (Wildman–Crippen MR) is 32.0 cm³/mol. The number of hydrogen-bond donors (Lipinski definition) is 2. The van der Waals surface area contributed by atoms with Crippen LogP contribution in [-0.2, 0) is 4.74 Å². The van der Waals surface area contributed by atoms with E-state index in [0.29, 0.717) is 6.61 Å². The zero-order valence-corrected chi connectivity index (χ0v) is 5.66. The van der Waals surface area contributed by atoms with Crippen molar-refractivity contribution in [3.8, 4) is 0 Å². The lowest BCUT2D eigenvalue weighted by Gasteiger charge is -2.16. The van der Waals surface area contributed by atoms with Crippen LogP contribution in [0.2, 0.25) is 0 Å². The topological polar surface area (TPSA) is 53.0 Å². The number of epoxide rings is 1. The minimum Gasteiger partial charge on any atom is -0.391 e. The fraction of sp³-hybridized carbons (Fsp3) is 1.00. The molecule has 9 heavy (non-hydrogen) atoms. The summed E-state index contributed by atoms with van der Waals surface area (Å²) < 4.78 is 4.91. The molecule has 1 aliphatic rings. The lowest BCUT2D eigenvalue weighted by molar-refractivity contribution is -0.0156. The van der Waals surface area contributed by atoms with Gasteiger partial charge in [-0.2, -0.15) is 0 Å². The van der Waals surface area contributed by atoms with E-state index in [4.69, 9.17) is 14.9 Å². The van der Waals surface area contributed by atoms with E-state index in [1.165, 1.54) is 0 Å². The van der Waals surface area contributed by atoms with Gasteiger partial charge in [-0.25, -0.2) is 0 Å². The van der Waals surface area contributed by atoms with Crippen molar-refractivity contribution in [3.05, 3.63) is 0 Å². The number of aliphatic hydroxyl groups is 2. The van der Waals surface area contributed by atoms with E-state index >= 15 is 0 Å². The van der Waals surface area contributed by atoms with Gasteiger partial charge in [-0.3, -0.25) is 0 Å². The van der Waals surface area contributed by atoms with Crippen molar-refractivity contribution in [3.63, 3.8) is 0 Å². The van der Waals surface area contributed by atoms with Crippen molar-refractivity contribution >= 4 is 0 Å². The van der Waals surface area contributed by atoms with Crippen LogP contribution >= 0.6 is 0 Å². The molecular formula is C6H12O3. The van der Waals surface area contributed by atoms with Crippen molar-refractivity contribution in [2.75, 3.05) is 6.61 Å². The van der Waals surface area contributed by atoms with E-state index in [0.717, 1.165) is 0 Å². The Bertz CT molecular complexity index is 107. The number of ether oxygens (including phenoxy) is 1. The van der Waals surface area contributed by atoms with Gasteiger partial charge in [0, 0.05) is 0 Å². The average Bonchev–Trinajstić information content (AvgIpc) is 2.47. The summed E-state index contributed by atoms with van der Waals surface area (Å²) in [6, 6.07) is 0. The van der Waals surface area contributed by atoms with E-state index in [9.17, 15) is 0 Å². The highest BCUT2D eigenvalue weighted by Crippen LogP contribution is 2.31. The Morgan fingerprint density at radius 2 is 2.00 bits per heavy atom. The first-order valence-corrected chi connectivity index (χ1v) is 3.06. The molecule has 1 saturated heterocycles. The van der Waals surface area contributed by atoms with Crippen LogP contribution < -0.4 is 0 Å². The molecule has 1 rings (SSSR count). The second kappa shape index (κ2) is 1.94. The Morgan fingerprint density at radius 3 is 2.11 bits per heavy atom. The van der Waals surface area contributed by atoms with Crippen LogP contribution in [0.1, 0.15) is 13.8 Å². The molecule has 0 spiro atoms. The minimum atomic E-state index is -0.738. The third-order valence-electron chi connectivity index (χ3n) is 1.68. The number of rotatable bonds is 2. The van der Waals surface area contributed by atoms with Crippen LogP contribution in [0.15, 0.2) is 0 Å². The van der Waals surface area contributed by atoms with E-state index in [1.54, 1.807) is 13.8 Å². The van der Waals surface area contributed by atoms with Gasteiger partial charge >= 0.3 is 0 Å². The van der Waals surface area contributed by atoms with Crippen molar-refractivity contribution in [1.29, 1.82) is 0 Å². The Kier molecular flexibility index (Phi) is 1.50. The highest BCUT2D eigenvalue weighted by molar-refractivity contribution is 4.96. The molecule has 1 fully saturated rings. The van der Waals surface area contributed by atoms with Crippen LogP contribution in [0.3, 0.4) is 0 Å². The monoisotopic (exact) mass is 132 g/mol. The molecule has 3 heteroatoms. The Morgan fingerprint density at radius 1 is 1.56 bits per heavy atom.